The highest BCUT2D eigenvalue weighted by atomic mass is 32.2. The van der Waals surface area contributed by atoms with Crippen molar-refractivity contribution in [3.63, 3.8) is 0 Å². The number of hydrogen-bond acceptors (Lipinski definition) is 2. The molecular formula is C12H12N2OS. The van der Waals surface area contributed by atoms with Crippen molar-refractivity contribution in [2.75, 3.05) is 0 Å². The Morgan fingerprint density at radius 1 is 1.25 bits per heavy atom. The molecule has 0 aromatic heterocycles. The molecule has 0 fully saturated rings. The number of hydrogen-bond donors (Lipinski definition) is 2. The topological polar surface area (TPSA) is 55.1 Å². The summed E-state index contributed by atoms with van der Waals surface area (Å²) >= 11 is 1.26. The number of carbonyl (C=O) groups is 1. The first-order valence-corrected chi connectivity index (χ1v) is 5.71. The van der Waals surface area contributed by atoms with Gasteiger partial charge in [-0.15, -0.1) is 0 Å². The molecule has 0 bridgehead atoms. The normalized spacial score (nSPS) is 10.3. The molecule has 2 aromatic carbocycles. The number of fused-ring (bicyclic) bond motifs is 1. The van der Waals surface area contributed by atoms with E-state index in [9.17, 15) is 4.79 Å². The van der Waals surface area contributed by atoms with Crippen LogP contribution in [0.3, 0.4) is 0 Å². The zero-order valence-corrected chi connectivity index (χ0v) is 9.67. The van der Waals surface area contributed by atoms with Crippen molar-refractivity contribution in [3.8, 4) is 0 Å². The molecule has 0 saturated heterocycles. The van der Waals surface area contributed by atoms with E-state index in [1.165, 1.54) is 11.9 Å². The van der Waals surface area contributed by atoms with E-state index in [-0.39, 0.29) is 0 Å². The largest absolute Gasteiger partial charge is 0.351 e. The Morgan fingerprint density at radius 3 is 2.75 bits per heavy atom. The molecule has 2 amide bonds. The fourth-order valence-corrected chi connectivity index (χ4v) is 2.32. The summed E-state index contributed by atoms with van der Waals surface area (Å²) in [5, 5.41) is 2.28. The van der Waals surface area contributed by atoms with Gasteiger partial charge in [0.2, 0.25) is 0 Å². The summed E-state index contributed by atoms with van der Waals surface area (Å²) < 4.78 is 2.55. The molecule has 0 radical (unpaired) electrons. The van der Waals surface area contributed by atoms with Crippen molar-refractivity contribution in [2.45, 2.75) is 11.8 Å². The Balaban J connectivity index is 2.48. The molecule has 2 aromatic rings. The second-order valence-corrected chi connectivity index (χ2v) is 4.32. The summed E-state index contributed by atoms with van der Waals surface area (Å²) in [7, 11) is 0. The summed E-state index contributed by atoms with van der Waals surface area (Å²) in [5.41, 5.74) is 6.19. The first kappa shape index (κ1) is 10.8. The van der Waals surface area contributed by atoms with Crippen molar-refractivity contribution >= 4 is 28.8 Å². The number of carbonyl (C=O) groups excluding carboxylic acids is 1. The fraction of sp³-hybridized carbons (Fsp3) is 0.0833. The third kappa shape index (κ3) is 2.12. The molecule has 0 aliphatic rings. The van der Waals surface area contributed by atoms with E-state index in [2.05, 4.69) is 10.8 Å². The first-order valence-electron chi connectivity index (χ1n) is 4.89. The number of urea groups is 1. The minimum absolute atomic E-state index is 0.530. The number of aryl methyl sites for hydroxylation is 1. The van der Waals surface area contributed by atoms with Crippen LogP contribution in [0.4, 0.5) is 4.79 Å². The average molecular weight is 232 g/mol. The van der Waals surface area contributed by atoms with Crippen LogP contribution in [0.15, 0.2) is 41.3 Å². The summed E-state index contributed by atoms with van der Waals surface area (Å²) in [5.74, 6) is 0. The summed E-state index contributed by atoms with van der Waals surface area (Å²) in [4.78, 5) is 11.7. The van der Waals surface area contributed by atoms with Gasteiger partial charge in [0.1, 0.15) is 0 Å². The van der Waals surface area contributed by atoms with Crippen LogP contribution >= 0.6 is 11.9 Å². The van der Waals surface area contributed by atoms with E-state index >= 15 is 0 Å². The van der Waals surface area contributed by atoms with Crippen LogP contribution in [0.1, 0.15) is 5.56 Å². The summed E-state index contributed by atoms with van der Waals surface area (Å²) in [6, 6.07) is 11.6. The lowest BCUT2D eigenvalue weighted by atomic mass is 10.1. The van der Waals surface area contributed by atoms with Gasteiger partial charge in [0.15, 0.2) is 0 Å². The third-order valence-corrected chi connectivity index (χ3v) is 3.38. The van der Waals surface area contributed by atoms with Gasteiger partial charge in [-0.05, 0) is 35.2 Å². The maximum atomic E-state index is 10.7. The molecule has 0 spiro atoms. The average Bonchev–Trinajstić information content (AvgIpc) is 2.27. The number of benzene rings is 2. The quantitative estimate of drug-likeness (QED) is 0.782. The second-order valence-electron chi connectivity index (χ2n) is 3.50. The molecule has 0 aliphatic carbocycles. The number of amides is 2. The smallest absolute Gasteiger partial charge is 0.322 e. The standard InChI is InChI=1S/C12H12N2OS/c1-8-6-7-9-4-2-3-5-10(9)11(8)16-14-12(13)15/h2-7H,1H3,(H3,13,14,15). The van der Waals surface area contributed by atoms with Gasteiger partial charge in [-0.25, -0.2) is 4.79 Å². The van der Waals surface area contributed by atoms with Gasteiger partial charge in [0, 0.05) is 4.90 Å². The maximum absolute atomic E-state index is 10.7. The van der Waals surface area contributed by atoms with Crippen molar-refractivity contribution in [1.29, 1.82) is 0 Å². The van der Waals surface area contributed by atoms with Gasteiger partial charge < -0.3 is 5.73 Å². The number of nitrogens with two attached hydrogens (primary N) is 1. The highest BCUT2D eigenvalue weighted by molar-refractivity contribution is 7.98. The third-order valence-electron chi connectivity index (χ3n) is 2.33. The SMILES string of the molecule is Cc1ccc2ccccc2c1SNC(N)=O. The van der Waals surface area contributed by atoms with E-state index in [1.807, 2.05) is 37.3 Å². The Morgan fingerprint density at radius 2 is 2.00 bits per heavy atom. The van der Waals surface area contributed by atoms with Crippen LogP contribution in [0, 0.1) is 6.92 Å². The van der Waals surface area contributed by atoms with E-state index in [1.54, 1.807) is 0 Å². The molecule has 0 atom stereocenters. The van der Waals surface area contributed by atoms with E-state index in [0.29, 0.717) is 0 Å². The molecule has 16 heavy (non-hydrogen) atoms. The van der Waals surface area contributed by atoms with E-state index < -0.39 is 6.03 Å². The molecule has 0 saturated carbocycles. The Labute approximate surface area is 98.2 Å². The highest BCUT2D eigenvalue weighted by Crippen LogP contribution is 2.29. The lowest BCUT2D eigenvalue weighted by Gasteiger charge is -2.09. The van der Waals surface area contributed by atoms with Crippen molar-refractivity contribution in [2.24, 2.45) is 5.73 Å². The molecule has 0 aliphatic heterocycles. The zero-order valence-electron chi connectivity index (χ0n) is 8.86. The van der Waals surface area contributed by atoms with Crippen molar-refractivity contribution in [1.82, 2.24) is 4.72 Å². The lowest BCUT2D eigenvalue weighted by Crippen LogP contribution is -2.22. The lowest BCUT2D eigenvalue weighted by molar-refractivity contribution is 0.254. The minimum atomic E-state index is -0.530. The maximum Gasteiger partial charge on any atom is 0.322 e. The monoisotopic (exact) mass is 232 g/mol. The van der Waals surface area contributed by atoms with Gasteiger partial charge in [0.05, 0.1) is 0 Å². The Hall–Kier alpha value is -1.68. The fourth-order valence-electron chi connectivity index (χ4n) is 1.59. The first-order chi connectivity index (χ1) is 7.68. The van der Waals surface area contributed by atoms with Gasteiger partial charge in [-0.1, -0.05) is 36.4 Å². The van der Waals surface area contributed by atoms with Gasteiger partial charge in [-0.2, -0.15) is 0 Å². The number of nitrogens with one attached hydrogen (secondary N) is 1. The number of rotatable bonds is 2. The summed E-state index contributed by atoms with van der Waals surface area (Å²) in [6.45, 7) is 2.01. The molecular weight excluding hydrogens is 220 g/mol. The van der Waals surface area contributed by atoms with Gasteiger partial charge in [-0.3, -0.25) is 4.72 Å². The molecule has 2 rings (SSSR count). The summed E-state index contributed by atoms with van der Waals surface area (Å²) in [6.07, 6.45) is 0. The highest BCUT2D eigenvalue weighted by Gasteiger charge is 2.05. The molecule has 3 nitrogen and oxygen atoms in total. The van der Waals surface area contributed by atoms with Crippen LogP contribution < -0.4 is 10.5 Å². The zero-order chi connectivity index (χ0) is 11.5. The molecule has 3 N–H and O–H groups in total. The predicted octanol–water partition coefficient (Wildman–Crippen LogP) is 2.82. The van der Waals surface area contributed by atoms with Crippen LogP contribution in [0.5, 0.6) is 0 Å². The van der Waals surface area contributed by atoms with E-state index in [4.69, 9.17) is 5.73 Å². The van der Waals surface area contributed by atoms with Crippen LogP contribution in [0.2, 0.25) is 0 Å². The van der Waals surface area contributed by atoms with Crippen LogP contribution in [-0.4, -0.2) is 6.03 Å². The molecule has 4 heteroatoms. The van der Waals surface area contributed by atoms with Crippen LogP contribution in [0.25, 0.3) is 10.8 Å². The second kappa shape index (κ2) is 4.45. The van der Waals surface area contributed by atoms with Crippen molar-refractivity contribution in [3.05, 3.63) is 42.0 Å². The van der Waals surface area contributed by atoms with Gasteiger partial charge in [0.25, 0.3) is 0 Å². The molecule has 0 unspecified atom stereocenters. The minimum Gasteiger partial charge on any atom is -0.351 e. The van der Waals surface area contributed by atoms with Crippen molar-refractivity contribution < 1.29 is 4.79 Å². The molecule has 0 heterocycles. The van der Waals surface area contributed by atoms with Crippen LogP contribution in [-0.2, 0) is 0 Å². The van der Waals surface area contributed by atoms with Gasteiger partial charge >= 0.3 is 6.03 Å². The molecule has 82 valence electrons. The van der Waals surface area contributed by atoms with E-state index in [0.717, 1.165) is 21.2 Å². The predicted molar refractivity (Wildman–Crippen MR) is 67.3 cm³/mol. The number of primary amides is 1. The Kier molecular flexibility index (Phi) is 3.01. The Bertz CT molecular complexity index is 540.